The van der Waals surface area contributed by atoms with Gasteiger partial charge in [0.15, 0.2) is 4.47 Å². The highest BCUT2D eigenvalue weighted by molar-refractivity contribution is 8.01. The summed E-state index contributed by atoms with van der Waals surface area (Å²) in [6.45, 7) is 0. The highest BCUT2D eigenvalue weighted by atomic mass is 35.5. The Hall–Kier alpha value is -2.08. The van der Waals surface area contributed by atoms with Crippen molar-refractivity contribution in [2.24, 2.45) is 4.99 Å². The summed E-state index contributed by atoms with van der Waals surface area (Å²) < 4.78 is 6.46. The number of aromatic nitrogens is 1. The van der Waals surface area contributed by atoms with E-state index < -0.39 is 0 Å². The Morgan fingerprint density at radius 2 is 1.84 bits per heavy atom. The van der Waals surface area contributed by atoms with E-state index in [9.17, 15) is 0 Å². The fraction of sp³-hybridized carbons (Fsp3) is 0.0526. The van der Waals surface area contributed by atoms with Crippen molar-refractivity contribution in [3.05, 3.63) is 87.7 Å². The van der Waals surface area contributed by atoms with Crippen LogP contribution in [-0.4, -0.2) is 10.9 Å². The van der Waals surface area contributed by atoms with Crippen LogP contribution in [0.4, 0.5) is 5.69 Å². The lowest BCUT2D eigenvalue weighted by atomic mass is 10.3. The monoisotopic (exact) mass is 386 g/mol. The van der Waals surface area contributed by atoms with Gasteiger partial charge in [0.1, 0.15) is 5.75 Å². The zero-order valence-electron chi connectivity index (χ0n) is 13.2. The van der Waals surface area contributed by atoms with E-state index in [1.54, 1.807) is 18.0 Å². The van der Waals surface area contributed by atoms with Crippen molar-refractivity contribution in [1.29, 1.82) is 0 Å². The van der Waals surface area contributed by atoms with E-state index in [4.69, 9.17) is 16.3 Å². The highest BCUT2D eigenvalue weighted by Gasteiger charge is 2.01. The topological polar surface area (TPSA) is 34.5 Å². The van der Waals surface area contributed by atoms with E-state index in [-0.39, 0.29) is 0 Å². The Kier molecular flexibility index (Phi) is 6.68. The van der Waals surface area contributed by atoms with Crippen LogP contribution in [0.25, 0.3) is 0 Å². The molecule has 0 unspecified atom stereocenters. The van der Waals surface area contributed by atoms with Crippen LogP contribution < -0.4 is 4.74 Å². The Labute approximate surface area is 160 Å². The number of aliphatic imine (C=N–C) groups is 1. The molecule has 3 aromatic rings. The minimum atomic E-state index is 0.534. The van der Waals surface area contributed by atoms with Gasteiger partial charge in [0, 0.05) is 22.9 Å². The number of nitrogens with zero attached hydrogens (tertiary/aromatic N) is 2. The van der Waals surface area contributed by atoms with Crippen molar-refractivity contribution >= 4 is 46.3 Å². The number of hydrogen-bond donors (Lipinski definition) is 0. The lowest BCUT2D eigenvalue weighted by Crippen LogP contribution is -2.04. The molecule has 6 heteroatoms. The van der Waals surface area contributed by atoms with Crippen LogP contribution in [0.15, 0.2) is 83.3 Å². The van der Waals surface area contributed by atoms with Crippen molar-refractivity contribution in [2.75, 3.05) is 0 Å². The van der Waals surface area contributed by atoms with Crippen LogP contribution in [-0.2, 0) is 5.75 Å². The summed E-state index contributed by atoms with van der Waals surface area (Å²) in [7, 11) is 0. The summed E-state index contributed by atoms with van der Waals surface area (Å²) in [4.78, 5) is 9.74. The molecule has 0 atom stereocenters. The number of para-hydroxylation sites is 2. The fourth-order valence-corrected chi connectivity index (χ4v) is 3.68. The average molecular weight is 387 g/mol. The van der Waals surface area contributed by atoms with Crippen molar-refractivity contribution in [1.82, 2.24) is 4.98 Å². The molecular weight excluding hydrogens is 372 g/mol. The molecule has 25 heavy (non-hydrogen) atoms. The lowest BCUT2D eigenvalue weighted by Gasteiger charge is -2.05. The molecule has 0 N–H and O–H groups in total. The van der Waals surface area contributed by atoms with Gasteiger partial charge >= 0.3 is 0 Å². The van der Waals surface area contributed by atoms with Crippen LogP contribution in [0.1, 0.15) is 4.88 Å². The van der Waals surface area contributed by atoms with Crippen LogP contribution in [0, 0.1) is 0 Å². The van der Waals surface area contributed by atoms with Crippen LogP contribution in [0.2, 0.25) is 4.47 Å². The largest absolute Gasteiger partial charge is 0.439 e. The second-order valence-corrected chi connectivity index (χ2v) is 7.49. The quantitative estimate of drug-likeness (QED) is 0.365. The molecule has 1 heterocycles. The molecule has 2 aromatic carbocycles. The molecule has 0 bridgehead atoms. The molecule has 0 saturated carbocycles. The summed E-state index contributed by atoms with van der Waals surface area (Å²) in [6, 6.07) is 19.4. The van der Waals surface area contributed by atoms with Gasteiger partial charge in [-0.05, 0) is 29.7 Å². The molecule has 3 nitrogen and oxygen atoms in total. The maximum atomic E-state index is 5.89. The third kappa shape index (κ3) is 6.05. The van der Waals surface area contributed by atoms with Gasteiger partial charge in [0.2, 0.25) is 5.90 Å². The van der Waals surface area contributed by atoms with E-state index >= 15 is 0 Å². The Bertz CT molecular complexity index is 848. The Morgan fingerprint density at radius 1 is 1.12 bits per heavy atom. The zero-order valence-corrected chi connectivity index (χ0v) is 15.6. The first-order chi connectivity index (χ1) is 12.3. The second kappa shape index (κ2) is 9.42. The number of thiazole rings is 1. The standard InChI is InChI=1S/C19H15ClN2OS2/c20-19-21-13-17(25-19)14-24-12-11-18(22-15-7-3-1-4-8-15)23-16-9-5-2-6-10-16/h1-13H,14H2. The summed E-state index contributed by atoms with van der Waals surface area (Å²) in [6.07, 6.45) is 3.67. The van der Waals surface area contributed by atoms with Crippen molar-refractivity contribution in [3.8, 4) is 5.75 Å². The maximum Gasteiger partial charge on any atom is 0.220 e. The summed E-state index contributed by atoms with van der Waals surface area (Å²) >= 11 is 8.97. The van der Waals surface area contributed by atoms with Gasteiger partial charge in [-0.1, -0.05) is 48.0 Å². The highest BCUT2D eigenvalue weighted by Crippen LogP contribution is 2.23. The van der Waals surface area contributed by atoms with E-state index in [0.29, 0.717) is 10.4 Å². The summed E-state index contributed by atoms with van der Waals surface area (Å²) in [5, 5.41) is 1.97. The van der Waals surface area contributed by atoms with Gasteiger partial charge in [0.25, 0.3) is 0 Å². The predicted octanol–water partition coefficient (Wildman–Crippen LogP) is 6.35. The molecule has 0 fully saturated rings. The van der Waals surface area contributed by atoms with E-state index in [1.807, 2.05) is 72.1 Å². The van der Waals surface area contributed by atoms with E-state index in [2.05, 4.69) is 9.98 Å². The van der Waals surface area contributed by atoms with Crippen LogP contribution in [0.5, 0.6) is 5.75 Å². The Morgan fingerprint density at radius 3 is 2.52 bits per heavy atom. The van der Waals surface area contributed by atoms with E-state index in [0.717, 1.165) is 22.1 Å². The van der Waals surface area contributed by atoms with Gasteiger partial charge < -0.3 is 4.74 Å². The van der Waals surface area contributed by atoms with Gasteiger partial charge in [0.05, 0.1) is 5.69 Å². The lowest BCUT2D eigenvalue weighted by molar-refractivity contribution is 0.556. The maximum absolute atomic E-state index is 5.89. The first-order valence-corrected chi connectivity index (χ1v) is 9.79. The number of rotatable bonds is 6. The molecule has 0 aliphatic heterocycles. The van der Waals surface area contributed by atoms with Gasteiger partial charge in [-0.25, -0.2) is 9.98 Å². The predicted molar refractivity (Wildman–Crippen MR) is 108 cm³/mol. The number of thioether (sulfide) groups is 1. The first-order valence-electron chi connectivity index (χ1n) is 7.54. The molecule has 0 amide bonds. The smallest absolute Gasteiger partial charge is 0.220 e. The van der Waals surface area contributed by atoms with Gasteiger partial charge in [-0.2, -0.15) is 0 Å². The van der Waals surface area contributed by atoms with Gasteiger partial charge in [-0.3, -0.25) is 0 Å². The number of hydrogen-bond acceptors (Lipinski definition) is 5. The first kappa shape index (κ1) is 17.7. The summed E-state index contributed by atoms with van der Waals surface area (Å²) in [5.74, 6) is 2.10. The normalized spacial score (nSPS) is 11.8. The molecular formula is C19H15ClN2OS2. The molecule has 0 spiro atoms. The third-order valence-electron chi connectivity index (χ3n) is 3.02. The number of halogens is 1. The zero-order chi connectivity index (χ0) is 17.3. The molecule has 3 rings (SSSR count). The average Bonchev–Trinajstić information content (AvgIpc) is 3.06. The Balaban J connectivity index is 1.69. The fourth-order valence-electron chi connectivity index (χ4n) is 1.92. The summed E-state index contributed by atoms with van der Waals surface area (Å²) in [5.41, 5.74) is 0.845. The molecule has 0 aliphatic rings. The molecule has 126 valence electrons. The van der Waals surface area contributed by atoms with Crippen molar-refractivity contribution in [3.63, 3.8) is 0 Å². The number of ether oxygens (including phenoxy) is 1. The molecule has 0 radical (unpaired) electrons. The van der Waals surface area contributed by atoms with Crippen molar-refractivity contribution in [2.45, 2.75) is 5.75 Å². The van der Waals surface area contributed by atoms with Gasteiger partial charge in [-0.15, -0.1) is 23.1 Å². The van der Waals surface area contributed by atoms with Crippen LogP contribution >= 0.6 is 34.7 Å². The SMILES string of the molecule is Clc1ncc(CSC=CC(=Nc2ccccc2)Oc2ccccc2)s1. The minimum Gasteiger partial charge on any atom is -0.439 e. The third-order valence-corrected chi connectivity index (χ3v) is 5.12. The van der Waals surface area contributed by atoms with E-state index in [1.165, 1.54) is 11.3 Å². The van der Waals surface area contributed by atoms with Crippen molar-refractivity contribution < 1.29 is 4.74 Å². The molecule has 0 saturated heterocycles. The second-order valence-electron chi connectivity index (χ2n) is 4.89. The number of benzene rings is 2. The molecule has 0 aliphatic carbocycles. The minimum absolute atomic E-state index is 0.534. The molecule has 1 aromatic heterocycles. The van der Waals surface area contributed by atoms with Crippen LogP contribution in [0.3, 0.4) is 0 Å².